The van der Waals surface area contributed by atoms with Crippen LogP contribution in [0.3, 0.4) is 0 Å². The van der Waals surface area contributed by atoms with Crippen LogP contribution in [0.1, 0.15) is 48.9 Å². The van der Waals surface area contributed by atoms with Gasteiger partial charge in [-0.15, -0.1) is 0 Å². The van der Waals surface area contributed by atoms with Gasteiger partial charge in [0, 0.05) is 11.0 Å². The van der Waals surface area contributed by atoms with E-state index in [1.54, 1.807) is 12.1 Å². The lowest BCUT2D eigenvalue weighted by molar-refractivity contribution is 0.0947. The van der Waals surface area contributed by atoms with Crippen molar-refractivity contribution in [3.63, 3.8) is 0 Å². The molecular weight excluding hydrogens is 309 g/mol. The van der Waals surface area contributed by atoms with Crippen molar-refractivity contribution in [1.29, 1.82) is 0 Å². The third kappa shape index (κ3) is 4.03. The minimum Gasteiger partial charge on any atom is -0.352 e. The zero-order valence-electron chi connectivity index (χ0n) is 10.9. The van der Waals surface area contributed by atoms with Crippen LogP contribution < -0.4 is 5.32 Å². The Hall–Kier alpha value is -0.900. The minimum atomic E-state index is -0.484. The molecule has 1 N–H and O–H groups in total. The molecule has 0 atom stereocenters. The summed E-state index contributed by atoms with van der Waals surface area (Å²) >= 11 is 3.21. The third-order valence-electron chi connectivity index (χ3n) is 3.74. The minimum absolute atomic E-state index is 0.100. The van der Waals surface area contributed by atoms with Gasteiger partial charge in [0.2, 0.25) is 0 Å². The normalized spacial score (nSPS) is 15.7. The monoisotopic (exact) mass is 327 g/mol. The highest BCUT2D eigenvalue weighted by molar-refractivity contribution is 9.10. The number of carbonyl (C=O) groups is 1. The van der Waals surface area contributed by atoms with Gasteiger partial charge < -0.3 is 5.32 Å². The molecule has 2 nitrogen and oxygen atoms in total. The fraction of sp³-hybridized carbons (Fsp3) is 0.533. The fourth-order valence-electron chi connectivity index (χ4n) is 2.69. The molecule has 19 heavy (non-hydrogen) atoms. The van der Waals surface area contributed by atoms with E-state index in [1.807, 2.05) is 0 Å². The van der Waals surface area contributed by atoms with E-state index < -0.39 is 5.82 Å². The van der Waals surface area contributed by atoms with Crippen LogP contribution in [0.15, 0.2) is 22.7 Å². The van der Waals surface area contributed by atoms with Crippen LogP contribution in [0.25, 0.3) is 0 Å². The Morgan fingerprint density at radius 2 is 2.11 bits per heavy atom. The SMILES string of the molecule is O=C(NCCCC1CCCC1)c1c(F)cccc1Br. The molecular formula is C15H19BrFNO. The summed E-state index contributed by atoms with van der Waals surface area (Å²) in [5.41, 5.74) is 0.100. The van der Waals surface area contributed by atoms with E-state index in [2.05, 4.69) is 21.2 Å². The first-order valence-electron chi connectivity index (χ1n) is 6.90. The molecule has 1 fully saturated rings. The van der Waals surface area contributed by atoms with Crippen LogP contribution >= 0.6 is 15.9 Å². The van der Waals surface area contributed by atoms with Gasteiger partial charge in [0.15, 0.2) is 0 Å². The second-order valence-corrected chi connectivity index (χ2v) is 6.00. The second kappa shape index (κ2) is 7.04. The van der Waals surface area contributed by atoms with Crippen LogP contribution in [-0.4, -0.2) is 12.5 Å². The molecule has 0 heterocycles. The van der Waals surface area contributed by atoms with E-state index in [4.69, 9.17) is 0 Å². The van der Waals surface area contributed by atoms with Crippen molar-refractivity contribution in [3.05, 3.63) is 34.1 Å². The van der Waals surface area contributed by atoms with E-state index in [-0.39, 0.29) is 11.5 Å². The summed E-state index contributed by atoms with van der Waals surface area (Å²) in [5.74, 6) is 0.0103. The zero-order chi connectivity index (χ0) is 13.7. The largest absolute Gasteiger partial charge is 0.352 e. The summed E-state index contributed by atoms with van der Waals surface area (Å²) in [6.07, 6.45) is 7.49. The van der Waals surface area contributed by atoms with Crippen molar-refractivity contribution in [1.82, 2.24) is 5.32 Å². The van der Waals surface area contributed by atoms with E-state index in [0.29, 0.717) is 11.0 Å². The number of hydrogen-bond donors (Lipinski definition) is 1. The standard InChI is InChI=1S/C15H19BrFNO/c16-12-8-3-9-13(17)14(12)15(19)18-10-4-7-11-5-1-2-6-11/h3,8-9,11H,1-2,4-7,10H2,(H,18,19). The van der Waals surface area contributed by atoms with Crippen LogP contribution in [0.2, 0.25) is 0 Å². The molecule has 0 spiro atoms. The molecule has 2 rings (SSSR count). The van der Waals surface area contributed by atoms with Crippen LogP contribution in [0, 0.1) is 11.7 Å². The topological polar surface area (TPSA) is 29.1 Å². The van der Waals surface area contributed by atoms with Gasteiger partial charge in [-0.25, -0.2) is 4.39 Å². The van der Waals surface area contributed by atoms with E-state index in [1.165, 1.54) is 38.2 Å². The molecule has 0 bridgehead atoms. The molecule has 0 aliphatic heterocycles. The Labute approximate surface area is 121 Å². The molecule has 0 radical (unpaired) electrons. The summed E-state index contributed by atoms with van der Waals surface area (Å²) in [4.78, 5) is 11.9. The van der Waals surface area contributed by atoms with Crippen molar-refractivity contribution in [3.8, 4) is 0 Å². The van der Waals surface area contributed by atoms with Gasteiger partial charge >= 0.3 is 0 Å². The predicted molar refractivity (Wildman–Crippen MR) is 77.6 cm³/mol. The summed E-state index contributed by atoms with van der Waals surface area (Å²) in [6, 6.07) is 4.56. The number of carbonyl (C=O) groups excluding carboxylic acids is 1. The van der Waals surface area contributed by atoms with Crippen LogP contribution in [0.4, 0.5) is 4.39 Å². The van der Waals surface area contributed by atoms with E-state index >= 15 is 0 Å². The molecule has 1 aliphatic rings. The predicted octanol–water partition coefficient (Wildman–Crippen LogP) is 4.29. The summed E-state index contributed by atoms with van der Waals surface area (Å²) in [7, 11) is 0. The highest BCUT2D eigenvalue weighted by Gasteiger charge is 2.16. The maximum atomic E-state index is 13.6. The van der Waals surface area contributed by atoms with Gasteiger partial charge in [-0.05, 0) is 46.8 Å². The maximum Gasteiger partial charge on any atom is 0.255 e. The van der Waals surface area contributed by atoms with Crippen LogP contribution in [0.5, 0.6) is 0 Å². The Morgan fingerprint density at radius 1 is 1.37 bits per heavy atom. The average Bonchev–Trinajstić information content (AvgIpc) is 2.87. The molecule has 1 saturated carbocycles. The molecule has 1 aromatic rings. The fourth-order valence-corrected chi connectivity index (χ4v) is 3.22. The van der Waals surface area contributed by atoms with E-state index in [9.17, 15) is 9.18 Å². The molecule has 1 aliphatic carbocycles. The zero-order valence-corrected chi connectivity index (χ0v) is 12.5. The van der Waals surface area contributed by atoms with Crippen molar-refractivity contribution in [2.24, 2.45) is 5.92 Å². The number of nitrogens with one attached hydrogen (secondary N) is 1. The number of hydrogen-bond acceptors (Lipinski definition) is 1. The lowest BCUT2D eigenvalue weighted by Crippen LogP contribution is -2.26. The first-order valence-corrected chi connectivity index (χ1v) is 7.70. The van der Waals surface area contributed by atoms with Gasteiger partial charge in [-0.1, -0.05) is 31.7 Å². The maximum absolute atomic E-state index is 13.6. The quantitative estimate of drug-likeness (QED) is 0.803. The highest BCUT2D eigenvalue weighted by Crippen LogP contribution is 2.28. The van der Waals surface area contributed by atoms with Crippen molar-refractivity contribution in [2.45, 2.75) is 38.5 Å². The number of benzene rings is 1. The molecule has 4 heteroatoms. The van der Waals surface area contributed by atoms with Gasteiger partial charge in [0.05, 0.1) is 5.56 Å². The molecule has 1 aromatic carbocycles. The number of amides is 1. The third-order valence-corrected chi connectivity index (χ3v) is 4.40. The van der Waals surface area contributed by atoms with Gasteiger partial charge in [0.1, 0.15) is 5.82 Å². The average molecular weight is 328 g/mol. The first-order chi connectivity index (χ1) is 9.18. The second-order valence-electron chi connectivity index (χ2n) is 5.15. The van der Waals surface area contributed by atoms with Gasteiger partial charge in [-0.3, -0.25) is 4.79 Å². The molecule has 104 valence electrons. The van der Waals surface area contributed by atoms with Gasteiger partial charge in [0.25, 0.3) is 5.91 Å². The van der Waals surface area contributed by atoms with Gasteiger partial charge in [-0.2, -0.15) is 0 Å². The number of rotatable bonds is 5. The summed E-state index contributed by atoms with van der Waals surface area (Å²) in [6.45, 7) is 0.621. The number of halogens is 2. The Kier molecular flexibility index (Phi) is 5.37. The Morgan fingerprint density at radius 3 is 2.79 bits per heavy atom. The van der Waals surface area contributed by atoms with E-state index in [0.717, 1.165) is 12.3 Å². The Bertz CT molecular complexity index is 424. The smallest absolute Gasteiger partial charge is 0.255 e. The first kappa shape index (κ1) is 14.5. The molecule has 0 unspecified atom stereocenters. The molecule has 0 aromatic heterocycles. The van der Waals surface area contributed by atoms with Crippen LogP contribution in [-0.2, 0) is 0 Å². The van der Waals surface area contributed by atoms with Crippen molar-refractivity contribution in [2.75, 3.05) is 6.54 Å². The highest BCUT2D eigenvalue weighted by atomic mass is 79.9. The summed E-state index contributed by atoms with van der Waals surface area (Å²) < 4.78 is 14.1. The van der Waals surface area contributed by atoms with Crippen molar-refractivity contribution >= 4 is 21.8 Å². The lowest BCUT2D eigenvalue weighted by Gasteiger charge is -2.10. The summed E-state index contributed by atoms with van der Waals surface area (Å²) in [5, 5.41) is 2.80. The molecule has 0 saturated heterocycles. The molecule has 1 amide bonds. The lowest BCUT2D eigenvalue weighted by atomic mass is 10.0. The van der Waals surface area contributed by atoms with Crippen molar-refractivity contribution < 1.29 is 9.18 Å². The Balaban J connectivity index is 1.77.